The van der Waals surface area contributed by atoms with Crippen molar-refractivity contribution in [3.05, 3.63) is 53.6 Å². The number of piperidine rings is 1. The molecule has 1 aliphatic rings. The van der Waals surface area contributed by atoms with E-state index in [9.17, 15) is 4.79 Å². The first-order chi connectivity index (χ1) is 11.6. The first-order valence-corrected chi connectivity index (χ1v) is 8.62. The van der Waals surface area contributed by atoms with Gasteiger partial charge in [0.15, 0.2) is 0 Å². The number of hydrogen-bond acceptors (Lipinski definition) is 2. The van der Waals surface area contributed by atoms with Crippen LogP contribution in [-0.4, -0.2) is 19.1 Å². The minimum absolute atomic E-state index is 0.213. The van der Waals surface area contributed by atoms with Crippen molar-refractivity contribution >= 4 is 23.1 Å². The summed E-state index contributed by atoms with van der Waals surface area (Å²) >= 11 is 0. The highest BCUT2D eigenvalue weighted by atomic mass is 16.2. The van der Waals surface area contributed by atoms with E-state index in [2.05, 4.69) is 27.7 Å². The first kappa shape index (κ1) is 16.4. The second-order valence-electron chi connectivity index (χ2n) is 6.49. The number of amides is 2. The molecular formula is C20H25N3O. The minimum Gasteiger partial charge on any atom is -0.372 e. The lowest BCUT2D eigenvalue weighted by Gasteiger charge is -2.28. The van der Waals surface area contributed by atoms with Gasteiger partial charge in [-0.3, -0.25) is 0 Å². The molecule has 1 aliphatic heterocycles. The molecule has 0 aliphatic carbocycles. The van der Waals surface area contributed by atoms with Gasteiger partial charge in [-0.05, 0) is 74.6 Å². The summed E-state index contributed by atoms with van der Waals surface area (Å²) in [7, 11) is 0. The van der Waals surface area contributed by atoms with Crippen LogP contribution in [0.3, 0.4) is 0 Å². The van der Waals surface area contributed by atoms with E-state index in [1.807, 2.05) is 44.2 Å². The molecule has 2 aromatic rings. The number of nitrogens with one attached hydrogen (secondary N) is 2. The van der Waals surface area contributed by atoms with E-state index in [-0.39, 0.29) is 6.03 Å². The maximum Gasteiger partial charge on any atom is 0.323 e. The van der Waals surface area contributed by atoms with Crippen LogP contribution in [0.1, 0.15) is 30.4 Å². The summed E-state index contributed by atoms with van der Waals surface area (Å²) < 4.78 is 0. The lowest BCUT2D eigenvalue weighted by molar-refractivity contribution is 0.262. The fourth-order valence-electron chi connectivity index (χ4n) is 3.06. The van der Waals surface area contributed by atoms with Crippen LogP contribution in [-0.2, 0) is 0 Å². The van der Waals surface area contributed by atoms with Crippen LogP contribution in [0.15, 0.2) is 42.5 Å². The summed E-state index contributed by atoms with van der Waals surface area (Å²) in [6.07, 6.45) is 3.85. The van der Waals surface area contributed by atoms with Gasteiger partial charge in [0, 0.05) is 30.2 Å². The Hall–Kier alpha value is -2.49. The molecule has 0 bridgehead atoms. The molecule has 2 amide bonds. The maximum absolute atomic E-state index is 12.2. The number of carbonyl (C=O) groups excluding carboxylic acids is 1. The van der Waals surface area contributed by atoms with Crippen molar-refractivity contribution in [1.29, 1.82) is 0 Å². The average molecular weight is 323 g/mol. The summed E-state index contributed by atoms with van der Waals surface area (Å²) in [5.41, 5.74) is 5.06. The van der Waals surface area contributed by atoms with Crippen molar-refractivity contribution in [2.75, 3.05) is 28.6 Å². The van der Waals surface area contributed by atoms with E-state index in [1.54, 1.807) is 0 Å². The van der Waals surface area contributed by atoms with Gasteiger partial charge in [0.25, 0.3) is 0 Å². The Morgan fingerprint density at radius 3 is 2.33 bits per heavy atom. The lowest BCUT2D eigenvalue weighted by Crippen LogP contribution is -2.29. The molecule has 1 fully saturated rings. The second-order valence-corrected chi connectivity index (χ2v) is 6.49. The van der Waals surface area contributed by atoms with Crippen LogP contribution < -0.4 is 15.5 Å². The highest BCUT2D eigenvalue weighted by Crippen LogP contribution is 2.22. The number of carbonyl (C=O) groups is 1. The van der Waals surface area contributed by atoms with Crippen LogP contribution in [0.4, 0.5) is 21.9 Å². The highest BCUT2D eigenvalue weighted by molar-refractivity contribution is 6.00. The Bertz CT molecular complexity index is 703. The molecule has 126 valence electrons. The summed E-state index contributed by atoms with van der Waals surface area (Å²) in [4.78, 5) is 14.6. The van der Waals surface area contributed by atoms with E-state index < -0.39 is 0 Å². The number of nitrogens with zero attached hydrogens (tertiary/aromatic N) is 1. The van der Waals surface area contributed by atoms with Crippen LogP contribution in [0.5, 0.6) is 0 Å². The molecule has 2 aromatic carbocycles. The van der Waals surface area contributed by atoms with Gasteiger partial charge in [-0.15, -0.1) is 0 Å². The zero-order valence-corrected chi connectivity index (χ0v) is 14.4. The summed E-state index contributed by atoms with van der Waals surface area (Å²) in [6.45, 7) is 6.25. The molecule has 4 nitrogen and oxygen atoms in total. The number of aryl methyl sites for hydroxylation is 2. The third-order valence-corrected chi connectivity index (χ3v) is 4.49. The molecule has 0 radical (unpaired) electrons. The van der Waals surface area contributed by atoms with E-state index >= 15 is 0 Å². The number of hydrogen-bond donors (Lipinski definition) is 2. The number of rotatable bonds is 3. The molecule has 2 N–H and O–H groups in total. The van der Waals surface area contributed by atoms with E-state index in [1.165, 1.54) is 24.9 Å². The van der Waals surface area contributed by atoms with Gasteiger partial charge >= 0.3 is 6.03 Å². The fraction of sp³-hybridized carbons (Fsp3) is 0.350. The van der Waals surface area contributed by atoms with E-state index in [0.717, 1.165) is 35.6 Å². The minimum atomic E-state index is -0.213. The standard InChI is InChI=1S/C20H25N3O/c1-15-6-7-16(2)19(14-15)22-20(24)21-17-8-10-18(11-9-17)23-12-4-3-5-13-23/h6-11,14H,3-5,12-13H2,1-2H3,(H2,21,22,24). The Balaban J connectivity index is 1.61. The third-order valence-electron chi connectivity index (χ3n) is 4.49. The Morgan fingerprint density at radius 1 is 0.917 bits per heavy atom. The Morgan fingerprint density at radius 2 is 1.62 bits per heavy atom. The quantitative estimate of drug-likeness (QED) is 0.840. The van der Waals surface area contributed by atoms with Gasteiger partial charge < -0.3 is 15.5 Å². The van der Waals surface area contributed by atoms with E-state index in [0.29, 0.717) is 0 Å². The SMILES string of the molecule is Cc1ccc(C)c(NC(=O)Nc2ccc(N3CCCCC3)cc2)c1. The van der Waals surface area contributed by atoms with Gasteiger partial charge in [0.1, 0.15) is 0 Å². The smallest absolute Gasteiger partial charge is 0.323 e. The maximum atomic E-state index is 12.2. The lowest BCUT2D eigenvalue weighted by atomic mass is 10.1. The van der Waals surface area contributed by atoms with Crippen molar-refractivity contribution in [3.8, 4) is 0 Å². The van der Waals surface area contributed by atoms with Crippen molar-refractivity contribution < 1.29 is 4.79 Å². The molecular weight excluding hydrogens is 298 g/mol. The summed E-state index contributed by atoms with van der Waals surface area (Å²) in [5, 5.41) is 5.82. The molecule has 0 spiro atoms. The van der Waals surface area contributed by atoms with Gasteiger partial charge in [0.2, 0.25) is 0 Å². The highest BCUT2D eigenvalue weighted by Gasteiger charge is 2.11. The number of anilines is 3. The molecule has 0 aromatic heterocycles. The van der Waals surface area contributed by atoms with Crippen molar-refractivity contribution in [3.63, 3.8) is 0 Å². The fourth-order valence-corrected chi connectivity index (χ4v) is 3.06. The van der Waals surface area contributed by atoms with Crippen LogP contribution in [0.25, 0.3) is 0 Å². The van der Waals surface area contributed by atoms with Gasteiger partial charge in [-0.1, -0.05) is 12.1 Å². The average Bonchev–Trinajstić information content (AvgIpc) is 2.59. The molecule has 1 saturated heterocycles. The molecule has 1 heterocycles. The first-order valence-electron chi connectivity index (χ1n) is 8.62. The van der Waals surface area contributed by atoms with Gasteiger partial charge in [-0.25, -0.2) is 4.79 Å². The van der Waals surface area contributed by atoms with Crippen molar-refractivity contribution in [1.82, 2.24) is 0 Å². The zero-order valence-electron chi connectivity index (χ0n) is 14.4. The van der Waals surface area contributed by atoms with Crippen LogP contribution in [0.2, 0.25) is 0 Å². The second kappa shape index (κ2) is 7.39. The van der Waals surface area contributed by atoms with Crippen molar-refractivity contribution in [2.24, 2.45) is 0 Å². The summed E-state index contributed by atoms with van der Waals surface area (Å²) in [5.74, 6) is 0. The summed E-state index contributed by atoms with van der Waals surface area (Å²) in [6, 6.07) is 13.9. The Kier molecular flexibility index (Phi) is 5.04. The number of benzene rings is 2. The molecule has 0 saturated carbocycles. The zero-order chi connectivity index (χ0) is 16.9. The van der Waals surface area contributed by atoms with Crippen LogP contribution in [0, 0.1) is 13.8 Å². The van der Waals surface area contributed by atoms with E-state index in [4.69, 9.17) is 0 Å². The van der Waals surface area contributed by atoms with Crippen LogP contribution >= 0.6 is 0 Å². The molecule has 3 rings (SSSR count). The predicted octanol–water partition coefficient (Wildman–Crippen LogP) is 4.94. The normalized spacial score (nSPS) is 14.3. The number of urea groups is 1. The van der Waals surface area contributed by atoms with Gasteiger partial charge in [0.05, 0.1) is 0 Å². The Labute approximate surface area is 143 Å². The third kappa shape index (κ3) is 4.07. The molecule has 24 heavy (non-hydrogen) atoms. The van der Waals surface area contributed by atoms with Gasteiger partial charge in [-0.2, -0.15) is 0 Å². The molecule has 0 atom stereocenters. The largest absolute Gasteiger partial charge is 0.372 e. The molecule has 4 heteroatoms. The monoisotopic (exact) mass is 323 g/mol. The van der Waals surface area contributed by atoms with Crippen molar-refractivity contribution in [2.45, 2.75) is 33.1 Å². The topological polar surface area (TPSA) is 44.4 Å². The molecule has 0 unspecified atom stereocenters. The predicted molar refractivity (Wildman–Crippen MR) is 101 cm³/mol.